The average molecular weight is 335 g/mol. The van der Waals surface area contributed by atoms with Gasteiger partial charge in [-0.25, -0.2) is 0 Å². The van der Waals surface area contributed by atoms with Gasteiger partial charge in [-0.3, -0.25) is 4.79 Å². The predicted molar refractivity (Wildman–Crippen MR) is 88.9 cm³/mol. The van der Waals surface area contributed by atoms with Crippen LogP contribution in [0.3, 0.4) is 0 Å². The van der Waals surface area contributed by atoms with E-state index >= 15 is 0 Å². The Labute approximate surface area is 142 Å². The molecule has 2 aliphatic rings. The number of piperidine rings is 1. The highest BCUT2D eigenvalue weighted by Gasteiger charge is 2.49. The first-order valence-electron chi connectivity index (χ1n) is 8.34. The largest absolute Gasteiger partial charge is 0.493 e. The van der Waals surface area contributed by atoms with Gasteiger partial charge in [0.15, 0.2) is 11.5 Å². The zero-order chi connectivity index (χ0) is 17.3. The average Bonchev–Trinajstić information content (AvgIpc) is 3.38. The molecule has 0 spiro atoms. The number of carbonyl (C=O) groups is 1. The maximum atomic E-state index is 13.0. The Morgan fingerprint density at radius 2 is 1.88 bits per heavy atom. The maximum absolute atomic E-state index is 13.0. The van der Waals surface area contributed by atoms with Crippen LogP contribution in [0.1, 0.15) is 36.0 Å². The Kier molecular flexibility index (Phi) is 4.58. The number of nitrogens with zero attached hydrogens (tertiary/aromatic N) is 1. The summed E-state index contributed by atoms with van der Waals surface area (Å²) in [6.07, 6.45) is 3.58. The molecule has 1 N–H and O–H groups in total. The molecule has 0 bridgehead atoms. The molecule has 6 heteroatoms. The second-order valence-corrected chi connectivity index (χ2v) is 6.58. The molecule has 6 nitrogen and oxygen atoms in total. The first kappa shape index (κ1) is 16.9. The van der Waals surface area contributed by atoms with Gasteiger partial charge in [0.1, 0.15) is 0 Å². The van der Waals surface area contributed by atoms with E-state index in [1.54, 1.807) is 19.2 Å². The summed E-state index contributed by atoms with van der Waals surface area (Å²) in [6.45, 7) is 1.29. The topological polar surface area (TPSA) is 68.2 Å². The van der Waals surface area contributed by atoms with Crippen LogP contribution in [-0.4, -0.2) is 55.9 Å². The van der Waals surface area contributed by atoms with Gasteiger partial charge in [0.05, 0.1) is 32.5 Å². The number of rotatable bonds is 5. The SMILES string of the molecule is COc1ccc(C(=O)N2CCCC(C3(O)CC3)C2)c(OC)c1OC. The van der Waals surface area contributed by atoms with E-state index in [-0.39, 0.29) is 11.8 Å². The number of aliphatic hydroxyl groups is 1. The van der Waals surface area contributed by atoms with Crippen LogP contribution in [0.5, 0.6) is 17.2 Å². The Balaban J connectivity index is 1.86. The Morgan fingerprint density at radius 3 is 2.46 bits per heavy atom. The molecule has 1 aliphatic heterocycles. The van der Waals surface area contributed by atoms with Crippen molar-refractivity contribution in [3.63, 3.8) is 0 Å². The van der Waals surface area contributed by atoms with E-state index in [9.17, 15) is 9.90 Å². The van der Waals surface area contributed by atoms with Crippen LogP contribution < -0.4 is 14.2 Å². The lowest BCUT2D eigenvalue weighted by Gasteiger charge is -2.35. The number of benzene rings is 1. The van der Waals surface area contributed by atoms with Crippen LogP contribution in [-0.2, 0) is 0 Å². The molecule has 1 aliphatic carbocycles. The molecule has 1 atom stereocenters. The lowest BCUT2D eigenvalue weighted by Crippen LogP contribution is -2.44. The van der Waals surface area contributed by atoms with Crippen LogP contribution in [0.4, 0.5) is 0 Å². The molecule has 132 valence electrons. The number of methoxy groups -OCH3 is 3. The Hall–Kier alpha value is -1.95. The number of hydrogen-bond acceptors (Lipinski definition) is 5. The number of ether oxygens (including phenoxy) is 3. The molecule has 1 amide bonds. The number of carbonyl (C=O) groups excluding carboxylic acids is 1. The standard InChI is InChI=1S/C18H25NO5/c1-22-14-7-6-13(15(23-2)16(14)24-3)17(20)19-10-4-5-12(11-19)18(21)8-9-18/h6-7,12,21H,4-5,8-11H2,1-3H3. The monoisotopic (exact) mass is 335 g/mol. The van der Waals surface area contributed by atoms with Crippen LogP contribution in [0.25, 0.3) is 0 Å². The molecule has 24 heavy (non-hydrogen) atoms. The fourth-order valence-electron chi connectivity index (χ4n) is 3.58. The smallest absolute Gasteiger partial charge is 0.257 e. The van der Waals surface area contributed by atoms with E-state index < -0.39 is 5.60 Å². The quantitative estimate of drug-likeness (QED) is 0.892. The normalized spacial score (nSPS) is 22.0. The van der Waals surface area contributed by atoms with Gasteiger partial charge in [-0.15, -0.1) is 0 Å². The molecule has 1 saturated carbocycles. The summed E-state index contributed by atoms with van der Waals surface area (Å²) in [5.74, 6) is 1.40. The molecular formula is C18H25NO5. The summed E-state index contributed by atoms with van der Waals surface area (Å²) < 4.78 is 16.1. The molecular weight excluding hydrogens is 310 g/mol. The summed E-state index contributed by atoms with van der Waals surface area (Å²) in [5.41, 5.74) is -0.0979. The molecule has 1 unspecified atom stereocenters. The first-order chi connectivity index (χ1) is 11.5. The Morgan fingerprint density at radius 1 is 1.17 bits per heavy atom. The van der Waals surface area contributed by atoms with Crippen LogP contribution in [0.2, 0.25) is 0 Å². The third-order valence-corrected chi connectivity index (χ3v) is 5.17. The highest BCUT2D eigenvalue weighted by molar-refractivity contribution is 5.98. The van der Waals surface area contributed by atoms with Gasteiger partial charge in [-0.05, 0) is 37.8 Å². The van der Waals surface area contributed by atoms with Crippen molar-refractivity contribution in [3.05, 3.63) is 17.7 Å². The summed E-state index contributed by atoms with van der Waals surface area (Å²) in [7, 11) is 4.58. The van der Waals surface area contributed by atoms with Crippen molar-refractivity contribution in [1.82, 2.24) is 4.90 Å². The van der Waals surface area contributed by atoms with Crippen molar-refractivity contribution in [2.24, 2.45) is 5.92 Å². The maximum Gasteiger partial charge on any atom is 0.257 e. The van der Waals surface area contributed by atoms with Gasteiger partial charge in [0, 0.05) is 19.0 Å². The van der Waals surface area contributed by atoms with Crippen molar-refractivity contribution >= 4 is 5.91 Å². The molecule has 2 fully saturated rings. The summed E-state index contributed by atoms with van der Waals surface area (Å²) >= 11 is 0. The lowest BCUT2D eigenvalue weighted by molar-refractivity contribution is 0.0280. The molecule has 3 rings (SSSR count). The van der Waals surface area contributed by atoms with Gasteiger partial charge < -0.3 is 24.2 Å². The van der Waals surface area contributed by atoms with E-state index in [0.29, 0.717) is 35.9 Å². The molecule has 0 aromatic heterocycles. The minimum absolute atomic E-state index is 0.0956. The number of amides is 1. The molecule has 1 aromatic rings. The predicted octanol–water partition coefficient (Wildman–Crippen LogP) is 2.09. The fraction of sp³-hybridized carbons (Fsp3) is 0.611. The highest BCUT2D eigenvalue weighted by Crippen LogP contribution is 2.46. The van der Waals surface area contributed by atoms with Crippen molar-refractivity contribution in [2.45, 2.75) is 31.3 Å². The van der Waals surface area contributed by atoms with Gasteiger partial charge in [-0.1, -0.05) is 0 Å². The highest BCUT2D eigenvalue weighted by atomic mass is 16.5. The first-order valence-corrected chi connectivity index (χ1v) is 8.34. The van der Waals surface area contributed by atoms with Crippen LogP contribution in [0.15, 0.2) is 12.1 Å². The zero-order valence-corrected chi connectivity index (χ0v) is 14.5. The van der Waals surface area contributed by atoms with E-state index in [1.165, 1.54) is 14.2 Å². The van der Waals surface area contributed by atoms with Crippen molar-refractivity contribution in [3.8, 4) is 17.2 Å². The minimum Gasteiger partial charge on any atom is -0.493 e. The zero-order valence-electron chi connectivity index (χ0n) is 14.5. The molecule has 1 aromatic carbocycles. The third-order valence-electron chi connectivity index (χ3n) is 5.17. The number of likely N-dealkylation sites (tertiary alicyclic amines) is 1. The third kappa shape index (κ3) is 2.90. The van der Waals surface area contributed by atoms with Crippen LogP contribution >= 0.6 is 0 Å². The summed E-state index contributed by atoms with van der Waals surface area (Å²) in [6, 6.07) is 3.42. The Bertz CT molecular complexity index is 626. The van der Waals surface area contributed by atoms with E-state index in [1.807, 2.05) is 4.90 Å². The minimum atomic E-state index is -0.555. The summed E-state index contributed by atoms with van der Waals surface area (Å²) in [4.78, 5) is 14.8. The van der Waals surface area contributed by atoms with Crippen molar-refractivity contribution < 1.29 is 24.1 Å². The summed E-state index contributed by atoms with van der Waals surface area (Å²) in [5, 5.41) is 10.4. The molecule has 0 radical (unpaired) electrons. The van der Waals surface area contributed by atoms with E-state index in [0.717, 1.165) is 25.7 Å². The van der Waals surface area contributed by atoms with Gasteiger partial charge >= 0.3 is 0 Å². The molecule has 1 saturated heterocycles. The van der Waals surface area contributed by atoms with Gasteiger partial charge in [0.25, 0.3) is 5.91 Å². The van der Waals surface area contributed by atoms with Crippen molar-refractivity contribution in [2.75, 3.05) is 34.4 Å². The second-order valence-electron chi connectivity index (χ2n) is 6.58. The van der Waals surface area contributed by atoms with Crippen LogP contribution in [0, 0.1) is 5.92 Å². The lowest BCUT2D eigenvalue weighted by atomic mass is 9.90. The second kappa shape index (κ2) is 6.51. The van der Waals surface area contributed by atoms with Crippen molar-refractivity contribution in [1.29, 1.82) is 0 Å². The van der Waals surface area contributed by atoms with Gasteiger partial charge in [-0.2, -0.15) is 0 Å². The number of hydrogen-bond donors (Lipinski definition) is 1. The van der Waals surface area contributed by atoms with E-state index in [2.05, 4.69) is 0 Å². The fourth-order valence-corrected chi connectivity index (χ4v) is 3.58. The molecule has 1 heterocycles. The van der Waals surface area contributed by atoms with Gasteiger partial charge in [0.2, 0.25) is 5.75 Å². The van der Waals surface area contributed by atoms with E-state index in [4.69, 9.17) is 14.2 Å².